The van der Waals surface area contributed by atoms with Gasteiger partial charge in [0.1, 0.15) is 0 Å². The number of esters is 1. The third-order valence-electron chi connectivity index (χ3n) is 5.48. The molecule has 2 aliphatic rings. The van der Waals surface area contributed by atoms with E-state index in [0.29, 0.717) is 5.56 Å². The van der Waals surface area contributed by atoms with E-state index in [-0.39, 0.29) is 43.1 Å². The molecular weight excluding hydrogens is 398 g/mol. The summed E-state index contributed by atoms with van der Waals surface area (Å²) < 4.78 is 5.18. The predicted molar refractivity (Wildman–Crippen MR) is 111 cm³/mol. The molecule has 4 rings (SSSR count). The van der Waals surface area contributed by atoms with Crippen molar-refractivity contribution < 1.29 is 23.9 Å². The molecule has 0 radical (unpaired) electrons. The summed E-state index contributed by atoms with van der Waals surface area (Å²) in [7, 11) is 0. The summed E-state index contributed by atoms with van der Waals surface area (Å²) in [6, 6.07) is 14.0. The largest absolute Gasteiger partial charge is 0.452 e. The Morgan fingerprint density at radius 2 is 1.97 bits per heavy atom. The predicted octanol–water partition coefficient (Wildman–Crippen LogP) is 2.09. The van der Waals surface area contributed by atoms with Gasteiger partial charge in [-0.05, 0) is 48.1 Å². The first-order valence-corrected chi connectivity index (χ1v) is 10.2. The molecule has 2 aromatic rings. The maximum absolute atomic E-state index is 12.4. The first-order chi connectivity index (χ1) is 15.0. The monoisotopic (exact) mass is 421 g/mol. The fourth-order valence-electron chi connectivity index (χ4n) is 3.95. The molecule has 160 valence electrons. The molecule has 0 aromatic heterocycles. The van der Waals surface area contributed by atoms with Crippen LogP contribution in [0.15, 0.2) is 48.5 Å². The SMILES string of the molecule is O=C(COC(=O)c1cccc(CN2C(=O)CNC2=O)c1)NC1CCCc2ccccc21. The van der Waals surface area contributed by atoms with E-state index < -0.39 is 12.0 Å². The van der Waals surface area contributed by atoms with Gasteiger partial charge in [0.25, 0.3) is 5.91 Å². The van der Waals surface area contributed by atoms with Crippen LogP contribution in [0.4, 0.5) is 4.79 Å². The van der Waals surface area contributed by atoms with Gasteiger partial charge in [0, 0.05) is 0 Å². The molecule has 1 aliphatic carbocycles. The van der Waals surface area contributed by atoms with Crippen molar-refractivity contribution in [1.82, 2.24) is 15.5 Å². The zero-order valence-electron chi connectivity index (χ0n) is 16.9. The number of fused-ring (bicyclic) bond motifs is 1. The first kappa shape index (κ1) is 20.6. The van der Waals surface area contributed by atoms with Gasteiger partial charge in [-0.15, -0.1) is 0 Å². The van der Waals surface area contributed by atoms with Crippen LogP contribution in [0.25, 0.3) is 0 Å². The van der Waals surface area contributed by atoms with E-state index in [1.54, 1.807) is 24.3 Å². The average molecular weight is 421 g/mol. The van der Waals surface area contributed by atoms with Crippen LogP contribution in [0.5, 0.6) is 0 Å². The molecule has 1 unspecified atom stereocenters. The van der Waals surface area contributed by atoms with Crippen molar-refractivity contribution in [2.24, 2.45) is 0 Å². The third kappa shape index (κ3) is 4.74. The Labute approximate surface area is 179 Å². The van der Waals surface area contributed by atoms with Crippen LogP contribution in [-0.4, -0.2) is 41.9 Å². The molecule has 1 saturated heterocycles. The first-order valence-electron chi connectivity index (χ1n) is 10.2. The molecule has 2 N–H and O–H groups in total. The Morgan fingerprint density at radius 3 is 2.77 bits per heavy atom. The van der Waals surface area contributed by atoms with Crippen LogP contribution in [0.1, 0.15) is 45.9 Å². The Balaban J connectivity index is 1.32. The highest BCUT2D eigenvalue weighted by atomic mass is 16.5. The quantitative estimate of drug-likeness (QED) is 0.549. The highest BCUT2D eigenvalue weighted by Crippen LogP contribution is 2.29. The van der Waals surface area contributed by atoms with Crippen LogP contribution < -0.4 is 10.6 Å². The van der Waals surface area contributed by atoms with E-state index in [2.05, 4.69) is 16.7 Å². The smallest absolute Gasteiger partial charge is 0.338 e. The van der Waals surface area contributed by atoms with E-state index in [1.807, 2.05) is 18.2 Å². The number of nitrogens with zero attached hydrogens (tertiary/aromatic N) is 1. The molecule has 1 heterocycles. The molecule has 31 heavy (non-hydrogen) atoms. The number of urea groups is 1. The number of benzene rings is 2. The lowest BCUT2D eigenvalue weighted by molar-refractivity contribution is -0.126. The number of ether oxygens (including phenoxy) is 1. The topological polar surface area (TPSA) is 105 Å². The van der Waals surface area contributed by atoms with Gasteiger partial charge in [-0.1, -0.05) is 36.4 Å². The van der Waals surface area contributed by atoms with Crippen LogP contribution in [0, 0.1) is 0 Å². The lowest BCUT2D eigenvalue weighted by Crippen LogP contribution is -2.34. The van der Waals surface area contributed by atoms with Gasteiger partial charge >= 0.3 is 12.0 Å². The average Bonchev–Trinajstić information content (AvgIpc) is 3.10. The maximum atomic E-state index is 12.4. The van der Waals surface area contributed by atoms with Crippen molar-refractivity contribution >= 4 is 23.8 Å². The molecular formula is C23H23N3O5. The second-order valence-electron chi connectivity index (χ2n) is 7.63. The normalized spacial score (nSPS) is 17.7. The highest BCUT2D eigenvalue weighted by Gasteiger charge is 2.28. The van der Waals surface area contributed by atoms with Crippen molar-refractivity contribution in [3.05, 3.63) is 70.8 Å². The Morgan fingerprint density at radius 1 is 1.13 bits per heavy atom. The summed E-state index contributed by atoms with van der Waals surface area (Å²) in [4.78, 5) is 49.2. The van der Waals surface area contributed by atoms with Gasteiger partial charge in [0.05, 0.1) is 24.7 Å². The Hall–Kier alpha value is -3.68. The van der Waals surface area contributed by atoms with E-state index >= 15 is 0 Å². The van der Waals surface area contributed by atoms with Gasteiger partial charge in [-0.25, -0.2) is 9.59 Å². The number of carbonyl (C=O) groups is 4. The molecule has 1 aliphatic heterocycles. The molecule has 8 nitrogen and oxygen atoms in total. The second-order valence-corrected chi connectivity index (χ2v) is 7.63. The lowest BCUT2D eigenvalue weighted by Gasteiger charge is -2.26. The Bertz CT molecular complexity index is 1020. The number of nitrogens with one attached hydrogen (secondary N) is 2. The highest BCUT2D eigenvalue weighted by molar-refractivity contribution is 6.01. The standard InChI is InChI=1S/C23H23N3O5/c27-20(25-19-10-4-7-16-6-1-2-9-18(16)19)14-31-22(29)17-8-3-5-15(11-17)13-26-21(28)12-24-23(26)30/h1-3,5-6,8-9,11,19H,4,7,10,12-14H2,(H,24,30)(H,25,27). The third-order valence-corrected chi connectivity index (χ3v) is 5.48. The number of carbonyl (C=O) groups excluding carboxylic acids is 4. The molecule has 1 fully saturated rings. The fraction of sp³-hybridized carbons (Fsp3) is 0.304. The minimum atomic E-state index is -0.641. The van der Waals surface area contributed by atoms with Crippen LogP contribution in [0.2, 0.25) is 0 Å². The van der Waals surface area contributed by atoms with E-state index in [9.17, 15) is 19.2 Å². The van der Waals surface area contributed by atoms with Gasteiger partial charge in [-0.2, -0.15) is 0 Å². The van der Waals surface area contributed by atoms with Crippen molar-refractivity contribution in [2.45, 2.75) is 31.8 Å². The van der Waals surface area contributed by atoms with Crippen molar-refractivity contribution in [3.63, 3.8) is 0 Å². The van der Waals surface area contributed by atoms with E-state index in [1.165, 1.54) is 5.56 Å². The molecule has 0 saturated carbocycles. The van der Waals surface area contributed by atoms with Crippen LogP contribution in [-0.2, 0) is 27.3 Å². The molecule has 4 amide bonds. The zero-order valence-corrected chi connectivity index (χ0v) is 16.9. The van der Waals surface area contributed by atoms with Gasteiger partial charge < -0.3 is 15.4 Å². The van der Waals surface area contributed by atoms with Gasteiger partial charge in [-0.3, -0.25) is 14.5 Å². The summed E-state index contributed by atoms with van der Waals surface area (Å²) in [6.07, 6.45) is 2.84. The summed E-state index contributed by atoms with van der Waals surface area (Å²) >= 11 is 0. The van der Waals surface area contributed by atoms with E-state index in [4.69, 9.17) is 4.74 Å². The van der Waals surface area contributed by atoms with Crippen molar-refractivity contribution in [3.8, 4) is 0 Å². The summed E-state index contributed by atoms with van der Waals surface area (Å²) in [5.74, 6) is -1.32. The lowest BCUT2D eigenvalue weighted by atomic mass is 9.88. The minimum absolute atomic E-state index is 0.0266. The molecule has 2 aromatic carbocycles. The molecule has 0 bridgehead atoms. The second kappa shape index (κ2) is 8.99. The number of hydrogen-bond acceptors (Lipinski definition) is 5. The van der Waals surface area contributed by atoms with Crippen molar-refractivity contribution in [2.75, 3.05) is 13.2 Å². The Kier molecular flexibility index (Phi) is 5.97. The molecule has 0 spiro atoms. The molecule has 8 heteroatoms. The van der Waals surface area contributed by atoms with Crippen LogP contribution >= 0.6 is 0 Å². The zero-order chi connectivity index (χ0) is 21.8. The number of amides is 4. The number of rotatable bonds is 6. The number of aryl methyl sites for hydroxylation is 1. The summed E-state index contributed by atoms with van der Waals surface area (Å²) in [6.45, 7) is -0.344. The summed E-state index contributed by atoms with van der Waals surface area (Å²) in [5.41, 5.74) is 3.21. The maximum Gasteiger partial charge on any atom is 0.338 e. The summed E-state index contributed by atoms with van der Waals surface area (Å²) in [5, 5.41) is 5.40. The van der Waals surface area contributed by atoms with E-state index in [0.717, 1.165) is 29.7 Å². The van der Waals surface area contributed by atoms with Gasteiger partial charge in [0.2, 0.25) is 5.91 Å². The number of hydrogen-bond donors (Lipinski definition) is 2. The van der Waals surface area contributed by atoms with Gasteiger partial charge in [0.15, 0.2) is 6.61 Å². The van der Waals surface area contributed by atoms with Crippen molar-refractivity contribution in [1.29, 1.82) is 0 Å². The minimum Gasteiger partial charge on any atom is -0.452 e. The van der Waals surface area contributed by atoms with Crippen LogP contribution in [0.3, 0.4) is 0 Å². The fourth-order valence-corrected chi connectivity index (χ4v) is 3.95. The molecule has 1 atom stereocenters. The number of imide groups is 1.